The summed E-state index contributed by atoms with van der Waals surface area (Å²) < 4.78 is 5.12. The maximum absolute atomic E-state index is 11.4. The average molecular weight is 272 g/mol. The van der Waals surface area contributed by atoms with Crippen molar-refractivity contribution in [3.05, 3.63) is 0 Å². The molecule has 1 heterocycles. The Morgan fingerprint density at radius 2 is 2.11 bits per heavy atom. The Morgan fingerprint density at radius 3 is 2.72 bits per heavy atom. The Bertz CT molecular complexity index is 303. The standard InChI is InChI=1S/C13H24N2O2S/c1-4-5-7-14-8-10-18-9-6-11-15-13(2,3)12(16)17-11/h14H,4-10H2,1-3H3. The van der Waals surface area contributed by atoms with E-state index in [0.29, 0.717) is 5.90 Å². The molecule has 0 spiro atoms. The average Bonchev–Trinajstić information content (AvgIpc) is 2.56. The molecule has 0 aliphatic carbocycles. The van der Waals surface area contributed by atoms with E-state index in [1.165, 1.54) is 12.8 Å². The van der Waals surface area contributed by atoms with E-state index in [9.17, 15) is 4.79 Å². The van der Waals surface area contributed by atoms with Crippen molar-refractivity contribution in [1.82, 2.24) is 5.32 Å². The fourth-order valence-corrected chi connectivity index (χ4v) is 2.36. The van der Waals surface area contributed by atoms with Crippen molar-refractivity contribution < 1.29 is 9.53 Å². The van der Waals surface area contributed by atoms with Crippen molar-refractivity contribution in [3.8, 4) is 0 Å². The normalized spacial score (nSPS) is 17.7. The van der Waals surface area contributed by atoms with Crippen LogP contribution in [0, 0.1) is 0 Å². The number of cyclic esters (lactones) is 1. The predicted octanol–water partition coefficient (Wildman–Crippen LogP) is 2.23. The van der Waals surface area contributed by atoms with Gasteiger partial charge in [-0.1, -0.05) is 13.3 Å². The molecule has 18 heavy (non-hydrogen) atoms. The van der Waals surface area contributed by atoms with Crippen molar-refractivity contribution in [2.24, 2.45) is 4.99 Å². The van der Waals surface area contributed by atoms with Crippen LogP contribution in [0.25, 0.3) is 0 Å². The molecule has 0 atom stereocenters. The van der Waals surface area contributed by atoms with Crippen molar-refractivity contribution in [1.29, 1.82) is 0 Å². The van der Waals surface area contributed by atoms with Gasteiger partial charge in [0.2, 0.25) is 0 Å². The molecule has 4 nitrogen and oxygen atoms in total. The highest BCUT2D eigenvalue weighted by Gasteiger charge is 2.36. The largest absolute Gasteiger partial charge is 0.410 e. The summed E-state index contributed by atoms with van der Waals surface area (Å²) in [7, 11) is 0. The Balaban J connectivity index is 2.01. The highest BCUT2D eigenvalue weighted by molar-refractivity contribution is 7.99. The molecule has 1 aliphatic heterocycles. The minimum atomic E-state index is -0.679. The van der Waals surface area contributed by atoms with Gasteiger partial charge in [0.1, 0.15) is 0 Å². The molecule has 5 heteroatoms. The van der Waals surface area contributed by atoms with Crippen molar-refractivity contribution >= 4 is 23.6 Å². The van der Waals surface area contributed by atoms with Gasteiger partial charge in [-0.25, -0.2) is 9.79 Å². The third-order valence-electron chi connectivity index (χ3n) is 2.70. The topological polar surface area (TPSA) is 50.7 Å². The van der Waals surface area contributed by atoms with Crippen LogP contribution in [0.2, 0.25) is 0 Å². The smallest absolute Gasteiger partial charge is 0.340 e. The van der Waals surface area contributed by atoms with Crippen LogP contribution in [0.5, 0.6) is 0 Å². The third kappa shape index (κ3) is 5.40. The minimum absolute atomic E-state index is 0.233. The lowest BCUT2D eigenvalue weighted by molar-refractivity contribution is -0.137. The summed E-state index contributed by atoms with van der Waals surface area (Å²) in [4.78, 5) is 15.7. The fourth-order valence-electron chi connectivity index (χ4n) is 1.55. The number of aliphatic imine (C=N–C) groups is 1. The first-order chi connectivity index (χ1) is 8.56. The van der Waals surface area contributed by atoms with E-state index >= 15 is 0 Å². The molecule has 0 aromatic carbocycles. The lowest BCUT2D eigenvalue weighted by Gasteiger charge is -2.05. The van der Waals surface area contributed by atoms with Crippen LogP contribution in [-0.4, -0.2) is 42.0 Å². The van der Waals surface area contributed by atoms with E-state index in [0.717, 1.165) is 31.0 Å². The molecule has 0 aromatic rings. The molecule has 0 bridgehead atoms. The summed E-state index contributed by atoms with van der Waals surface area (Å²) in [5.74, 6) is 2.41. The van der Waals surface area contributed by atoms with E-state index in [4.69, 9.17) is 4.74 Å². The van der Waals surface area contributed by atoms with Crippen LogP contribution in [0.15, 0.2) is 4.99 Å². The third-order valence-corrected chi connectivity index (χ3v) is 3.69. The number of nitrogens with one attached hydrogen (secondary N) is 1. The molecule has 1 N–H and O–H groups in total. The maximum Gasteiger partial charge on any atom is 0.340 e. The molecule has 0 radical (unpaired) electrons. The van der Waals surface area contributed by atoms with Gasteiger partial charge in [-0.3, -0.25) is 0 Å². The molecule has 0 amide bonds. The van der Waals surface area contributed by atoms with Gasteiger partial charge in [0.25, 0.3) is 0 Å². The second-order valence-corrected chi connectivity index (χ2v) is 6.14. The summed E-state index contributed by atoms with van der Waals surface area (Å²) in [5, 5.41) is 3.40. The van der Waals surface area contributed by atoms with Gasteiger partial charge in [-0.05, 0) is 26.8 Å². The summed E-state index contributed by atoms with van der Waals surface area (Å²) in [6, 6.07) is 0. The molecule has 0 aromatic heterocycles. The van der Waals surface area contributed by atoms with Gasteiger partial charge in [-0.2, -0.15) is 11.8 Å². The molecule has 0 saturated carbocycles. The van der Waals surface area contributed by atoms with Gasteiger partial charge in [-0.15, -0.1) is 0 Å². The number of carbonyl (C=O) groups excluding carboxylic acids is 1. The van der Waals surface area contributed by atoms with E-state index < -0.39 is 5.54 Å². The van der Waals surface area contributed by atoms with Gasteiger partial charge in [0.15, 0.2) is 11.4 Å². The number of thioether (sulfide) groups is 1. The van der Waals surface area contributed by atoms with Crippen molar-refractivity contribution in [2.45, 2.75) is 45.6 Å². The first-order valence-corrected chi connectivity index (χ1v) is 7.81. The molecule has 0 unspecified atom stereocenters. The summed E-state index contributed by atoms with van der Waals surface area (Å²) in [6.07, 6.45) is 3.22. The predicted molar refractivity (Wildman–Crippen MR) is 77.3 cm³/mol. The number of ether oxygens (including phenoxy) is 1. The minimum Gasteiger partial charge on any atom is -0.410 e. The Hall–Kier alpha value is -0.550. The van der Waals surface area contributed by atoms with Gasteiger partial charge in [0.05, 0.1) is 0 Å². The van der Waals surface area contributed by atoms with Crippen LogP contribution in [0.4, 0.5) is 0 Å². The summed E-state index contributed by atoms with van der Waals surface area (Å²) in [6.45, 7) is 7.92. The second-order valence-electron chi connectivity index (χ2n) is 4.92. The van der Waals surface area contributed by atoms with Crippen LogP contribution in [0.1, 0.15) is 40.0 Å². The Morgan fingerprint density at radius 1 is 1.33 bits per heavy atom. The van der Waals surface area contributed by atoms with Gasteiger partial charge in [0, 0.05) is 24.5 Å². The van der Waals surface area contributed by atoms with E-state index in [-0.39, 0.29) is 5.97 Å². The SMILES string of the molecule is CCCCNCCSCCC1=NC(C)(C)C(=O)O1. The zero-order chi connectivity index (χ0) is 13.4. The number of rotatable bonds is 9. The molecular formula is C13H24N2O2S. The number of hydrogen-bond acceptors (Lipinski definition) is 5. The Kier molecular flexibility index (Phi) is 6.71. The lowest BCUT2D eigenvalue weighted by Crippen LogP contribution is -2.25. The number of esters is 1. The van der Waals surface area contributed by atoms with Crippen LogP contribution in [-0.2, 0) is 9.53 Å². The molecular weight excluding hydrogens is 248 g/mol. The number of nitrogens with zero attached hydrogens (tertiary/aromatic N) is 1. The quantitative estimate of drug-likeness (QED) is 0.516. The first-order valence-electron chi connectivity index (χ1n) is 6.65. The van der Waals surface area contributed by atoms with E-state index in [1.54, 1.807) is 13.8 Å². The van der Waals surface area contributed by atoms with Gasteiger partial charge >= 0.3 is 5.97 Å². The second kappa shape index (κ2) is 7.79. The van der Waals surface area contributed by atoms with Crippen molar-refractivity contribution in [3.63, 3.8) is 0 Å². The van der Waals surface area contributed by atoms with E-state index in [2.05, 4.69) is 17.2 Å². The highest BCUT2D eigenvalue weighted by atomic mass is 32.2. The highest BCUT2D eigenvalue weighted by Crippen LogP contribution is 2.20. The zero-order valence-corrected chi connectivity index (χ0v) is 12.4. The summed E-state index contributed by atoms with van der Waals surface area (Å²) in [5.41, 5.74) is -0.679. The summed E-state index contributed by atoms with van der Waals surface area (Å²) >= 11 is 1.86. The lowest BCUT2D eigenvalue weighted by atomic mass is 10.1. The van der Waals surface area contributed by atoms with E-state index in [1.807, 2.05) is 11.8 Å². The molecule has 104 valence electrons. The number of hydrogen-bond donors (Lipinski definition) is 1. The molecule has 0 saturated heterocycles. The zero-order valence-electron chi connectivity index (χ0n) is 11.6. The first kappa shape index (κ1) is 15.5. The molecule has 1 aliphatic rings. The number of unbranched alkanes of at least 4 members (excludes halogenated alkanes) is 1. The van der Waals surface area contributed by atoms with Crippen LogP contribution in [0.3, 0.4) is 0 Å². The molecule has 0 fully saturated rings. The van der Waals surface area contributed by atoms with Crippen molar-refractivity contribution in [2.75, 3.05) is 24.6 Å². The fraction of sp³-hybridized carbons (Fsp3) is 0.846. The van der Waals surface area contributed by atoms with Gasteiger partial charge < -0.3 is 10.1 Å². The van der Waals surface area contributed by atoms with Crippen LogP contribution < -0.4 is 5.32 Å². The maximum atomic E-state index is 11.4. The number of carbonyl (C=O) groups is 1. The monoisotopic (exact) mass is 272 g/mol. The molecule has 1 rings (SSSR count). The van der Waals surface area contributed by atoms with Crippen LogP contribution >= 0.6 is 11.8 Å². The Labute approximate surface area is 114 Å².